The second-order valence-electron chi connectivity index (χ2n) is 13.6. The summed E-state index contributed by atoms with van der Waals surface area (Å²) in [6.07, 6.45) is 32.5. The molecule has 42 heavy (non-hydrogen) atoms. The topological polar surface area (TPSA) is 43.0 Å². The minimum absolute atomic E-state index is 0.618. The molecular formula is C38H67NO3. The maximum absolute atomic E-state index is 5.55. The minimum atomic E-state index is 0.618. The van der Waals surface area contributed by atoms with Crippen molar-refractivity contribution in [3.8, 4) is 5.75 Å². The number of benzene rings is 1. The predicted octanol–water partition coefficient (Wildman–Crippen LogP) is 10.4. The highest BCUT2D eigenvalue weighted by Crippen LogP contribution is 2.28. The Morgan fingerprint density at radius 1 is 0.714 bits per heavy atom. The fourth-order valence-electron chi connectivity index (χ4n) is 7.18. The van der Waals surface area contributed by atoms with Gasteiger partial charge < -0.3 is 19.5 Å². The first-order chi connectivity index (χ1) is 20.8. The van der Waals surface area contributed by atoms with Gasteiger partial charge >= 0.3 is 0 Å². The molecule has 1 aliphatic heterocycles. The summed E-state index contributed by atoms with van der Waals surface area (Å²) < 4.78 is 16.3. The number of methoxy groups -OCH3 is 2. The standard InChI is InChI=1S/C38H67NO3/c1-40-31-34-20-14-9-8-10-16-22-35(23-17-13-15-21-34)38(39-30-33-26-28-36(41-2)29-27-33)25-19-12-7-5-3-4-6-11-18-24-37-32-42-37/h26-29,34-35,37-39H,3-25,30-32H2,1-2H3. The lowest BCUT2D eigenvalue weighted by Gasteiger charge is -2.29. The van der Waals surface area contributed by atoms with Crippen molar-refractivity contribution in [2.24, 2.45) is 11.8 Å². The maximum atomic E-state index is 5.55. The molecule has 0 aromatic heterocycles. The Bertz CT molecular complexity index is 749. The fraction of sp³-hybridized carbons (Fsp3) is 0.842. The van der Waals surface area contributed by atoms with E-state index in [1.165, 1.54) is 153 Å². The Balaban J connectivity index is 1.43. The summed E-state index contributed by atoms with van der Waals surface area (Å²) in [6, 6.07) is 9.30. The van der Waals surface area contributed by atoms with Gasteiger partial charge in [0.25, 0.3) is 0 Å². The van der Waals surface area contributed by atoms with E-state index in [1.54, 1.807) is 7.11 Å². The number of rotatable bonds is 19. The second-order valence-corrected chi connectivity index (χ2v) is 13.6. The Morgan fingerprint density at radius 3 is 1.86 bits per heavy atom. The molecule has 2 aliphatic rings. The summed E-state index contributed by atoms with van der Waals surface area (Å²) in [6.45, 7) is 2.95. The lowest BCUT2D eigenvalue weighted by molar-refractivity contribution is 0.139. The third-order valence-corrected chi connectivity index (χ3v) is 10.0. The van der Waals surface area contributed by atoms with E-state index >= 15 is 0 Å². The molecular weight excluding hydrogens is 518 g/mol. The van der Waals surface area contributed by atoms with Crippen LogP contribution in [0.5, 0.6) is 5.75 Å². The normalized spacial score (nSPS) is 23.2. The molecule has 1 saturated carbocycles. The van der Waals surface area contributed by atoms with Crippen LogP contribution in [0.4, 0.5) is 0 Å². The molecule has 242 valence electrons. The van der Waals surface area contributed by atoms with Crippen molar-refractivity contribution in [2.75, 3.05) is 27.4 Å². The van der Waals surface area contributed by atoms with Crippen LogP contribution in [0.2, 0.25) is 0 Å². The zero-order chi connectivity index (χ0) is 29.5. The van der Waals surface area contributed by atoms with Crippen LogP contribution in [0.1, 0.15) is 153 Å². The van der Waals surface area contributed by atoms with E-state index in [2.05, 4.69) is 29.6 Å². The van der Waals surface area contributed by atoms with Gasteiger partial charge in [0.2, 0.25) is 0 Å². The number of hydrogen-bond donors (Lipinski definition) is 1. The van der Waals surface area contributed by atoms with Crippen LogP contribution in [0.25, 0.3) is 0 Å². The van der Waals surface area contributed by atoms with Crippen LogP contribution in [0.3, 0.4) is 0 Å². The largest absolute Gasteiger partial charge is 0.497 e. The van der Waals surface area contributed by atoms with Gasteiger partial charge in [0.15, 0.2) is 0 Å². The van der Waals surface area contributed by atoms with E-state index in [0.717, 1.165) is 37.3 Å². The Kier molecular flexibility index (Phi) is 19.6. The maximum Gasteiger partial charge on any atom is 0.118 e. The van der Waals surface area contributed by atoms with Crippen molar-refractivity contribution >= 4 is 0 Å². The van der Waals surface area contributed by atoms with Gasteiger partial charge in [0.05, 0.1) is 19.8 Å². The van der Waals surface area contributed by atoms with Crippen molar-refractivity contribution in [2.45, 2.75) is 166 Å². The monoisotopic (exact) mass is 586 g/mol. The highest BCUT2D eigenvalue weighted by atomic mass is 16.6. The first kappa shape index (κ1) is 35.4. The smallest absolute Gasteiger partial charge is 0.118 e. The van der Waals surface area contributed by atoms with Gasteiger partial charge in [0.1, 0.15) is 5.75 Å². The van der Waals surface area contributed by atoms with Crippen LogP contribution in [0.15, 0.2) is 24.3 Å². The highest BCUT2D eigenvalue weighted by molar-refractivity contribution is 5.27. The summed E-state index contributed by atoms with van der Waals surface area (Å²) in [7, 11) is 3.63. The first-order valence-electron chi connectivity index (χ1n) is 18.3. The summed E-state index contributed by atoms with van der Waals surface area (Å²) >= 11 is 0. The number of unbranched alkanes of at least 4 members (excludes halogenated alkanes) is 8. The van der Waals surface area contributed by atoms with Crippen molar-refractivity contribution in [3.05, 3.63) is 29.8 Å². The molecule has 0 radical (unpaired) electrons. The minimum Gasteiger partial charge on any atom is -0.497 e. The van der Waals surface area contributed by atoms with Gasteiger partial charge in [-0.15, -0.1) is 0 Å². The van der Waals surface area contributed by atoms with Gasteiger partial charge in [-0.05, 0) is 68.1 Å². The molecule has 2 fully saturated rings. The number of hydrogen-bond acceptors (Lipinski definition) is 4. The van der Waals surface area contributed by atoms with Gasteiger partial charge in [-0.3, -0.25) is 0 Å². The number of epoxide rings is 1. The molecule has 3 rings (SSSR count). The Labute approximate surface area is 260 Å². The number of nitrogens with one attached hydrogen (secondary N) is 1. The third-order valence-electron chi connectivity index (χ3n) is 10.0. The quantitative estimate of drug-likeness (QED) is 0.130. The van der Waals surface area contributed by atoms with E-state index in [0.29, 0.717) is 12.1 Å². The molecule has 1 N–H and O–H groups in total. The zero-order valence-corrected chi connectivity index (χ0v) is 27.7. The molecule has 1 aromatic carbocycles. The molecule has 1 aliphatic carbocycles. The Hall–Kier alpha value is -1.10. The van der Waals surface area contributed by atoms with Crippen molar-refractivity contribution in [1.29, 1.82) is 0 Å². The average molecular weight is 586 g/mol. The molecule has 0 bridgehead atoms. The lowest BCUT2D eigenvalue weighted by atomic mass is 9.84. The van der Waals surface area contributed by atoms with E-state index in [4.69, 9.17) is 14.2 Å². The molecule has 4 atom stereocenters. The van der Waals surface area contributed by atoms with E-state index in [9.17, 15) is 0 Å². The molecule has 1 saturated heterocycles. The SMILES string of the molecule is COCC1CCCCCCCC(C(CCCCCCCCCCCC2CO2)NCc2ccc(OC)cc2)CCCCC1. The van der Waals surface area contributed by atoms with E-state index < -0.39 is 0 Å². The lowest BCUT2D eigenvalue weighted by Crippen LogP contribution is -2.36. The molecule has 0 spiro atoms. The zero-order valence-electron chi connectivity index (χ0n) is 27.7. The molecule has 4 heteroatoms. The molecule has 0 amide bonds. The number of ether oxygens (including phenoxy) is 3. The third kappa shape index (κ3) is 16.7. The summed E-state index contributed by atoms with van der Waals surface area (Å²) in [5, 5.41) is 4.08. The average Bonchev–Trinajstić information content (AvgIpc) is 3.84. The van der Waals surface area contributed by atoms with Gasteiger partial charge in [-0.25, -0.2) is 0 Å². The van der Waals surface area contributed by atoms with Crippen molar-refractivity contribution in [3.63, 3.8) is 0 Å². The molecule has 1 heterocycles. The van der Waals surface area contributed by atoms with Crippen LogP contribution in [-0.4, -0.2) is 39.6 Å². The first-order valence-corrected chi connectivity index (χ1v) is 18.3. The van der Waals surface area contributed by atoms with E-state index in [1.807, 2.05) is 7.11 Å². The van der Waals surface area contributed by atoms with Crippen LogP contribution in [-0.2, 0) is 16.0 Å². The highest BCUT2D eigenvalue weighted by Gasteiger charge is 2.22. The fourth-order valence-corrected chi connectivity index (χ4v) is 7.18. The molecule has 4 unspecified atom stereocenters. The summed E-state index contributed by atoms with van der Waals surface area (Å²) in [5.41, 5.74) is 1.37. The van der Waals surface area contributed by atoms with Crippen molar-refractivity contribution < 1.29 is 14.2 Å². The summed E-state index contributed by atoms with van der Waals surface area (Å²) in [5.74, 6) is 2.53. The molecule has 1 aromatic rings. The Morgan fingerprint density at radius 2 is 1.26 bits per heavy atom. The van der Waals surface area contributed by atoms with Crippen LogP contribution < -0.4 is 10.1 Å². The van der Waals surface area contributed by atoms with E-state index in [-0.39, 0.29) is 0 Å². The van der Waals surface area contributed by atoms with Gasteiger partial charge in [-0.1, -0.05) is 121 Å². The van der Waals surface area contributed by atoms with Crippen LogP contribution in [0, 0.1) is 11.8 Å². The van der Waals surface area contributed by atoms with Crippen molar-refractivity contribution in [1.82, 2.24) is 5.32 Å². The van der Waals surface area contributed by atoms with Gasteiger partial charge in [0, 0.05) is 26.3 Å². The predicted molar refractivity (Wildman–Crippen MR) is 178 cm³/mol. The summed E-state index contributed by atoms with van der Waals surface area (Å²) in [4.78, 5) is 0. The van der Waals surface area contributed by atoms with Gasteiger partial charge in [-0.2, -0.15) is 0 Å². The van der Waals surface area contributed by atoms with Crippen LogP contribution >= 0.6 is 0 Å². The second kappa shape index (κ2) is 23.3. The molecule has 4 nitrogen and oxygen atoms in total.